The highest BCUT2D eigenvalue weighted by Gasteiger charge is 2.45. The molecule has 0 aliphatic carbocycles. The highest BCUT2D eigenvalue weighted by molar-refractivity contribution is 5.79. The van der Waals surface area contributed by atoms with Crippen LogP contribution in [0, 0.1) is 5.41 Å². The number of piperazine rings is 1. The van der Waals surface area contributed by atoms with E-state index < -0.39 is 11.4 Å². The van der Waals surface area contributed by atoms with Gasteiger partial charge in [0.25, 0.3) is 0 Å². The minimum atomic E-state index is -0.770. The summed E-state index contributed by atoms with van der Waals surface area (Å²) in [5.41, 5.74) is -0.736. The Kier molecular flexibility index (Phi) is 5.08. The Bertz CT molecular complexity index is 394. The minimum absolute atomic E-state index is 0.0164. The van der Waals surface area contributed by atoms with Gasteiger partial charge >= 0.3 is 12.0 Å². The van der Waals surface area contributed by atoms with E-state index in [0.717, 1.165) is 39.1 Å². The fraction of sp³-hybridized carbons (Fsp3) is 0.867. The predicted octanol–water partition coefficient (Wildman–Crippen LogP) is 1.32. The van der Waals surface area contributed by atoms with E-state index >= 15 is 0 Å². The second-order valence-corrected chi connectivity index (χ2v) is 6.22. The lowest BCUT2D eigenvalue weighted by molar-refractivity contribution is -0.148. The Morgan fingerprint density at radius 1 is 1.05 bits per heavy atom. The molecule has 0 spiro atoms. The van der Waals surface area contributed by atoms with E-state index in [1.54, 1.807) is 4.90 Å². The molecule has 2 aliphatic rings. The van der Waals surface area contributed by atoms with Crippen LogP contribution in [-0.2, 0) is 4.79 Å². The third kappa shape index (κ3) is 3.31. The molecule has 0 bridgehead atoms. The zero-order valence-corrected chi connectivity index (χ0v) is 13.2. The number of carboxylic acids is 1. The maximum absolute atomic E-state index is 12.5. The van der Waals surface area contributed by atoms with Crippen LogP contribution in [0.4, 0.5) is 4.79 Å². The van der Waals surface area contributed by atoms with Gasteiger partial charge in [-0.05, 0) is 25.8 Å². The van der Waals surface area contributed by atoms with Crippen LogP contribution in [-0.4, -0.2) is 77.6 Å². The summed E-state index contributed by atoms with van der Waals surface area (Å²) in [6, 6.07) is 0.0164. The highest BCUT2D eigenvalue weighted by atomic mass is 16.4. The van der Waals surface area contributed by atoms with Gasteiger partial charge in [0.1, 0.15) is 0 Å². The summed E-state index contributed by atoms with van der Waals surface area (Å²) in [4.78, 5) is 30.0. The second-order valence-electron chi connectivity index (χ2n) is 6.22. The maximum Gasteiger partial charge on any atom is 0.320 e. The van der Waals surface area contributed by atoms with Gasteiger partial charge in [-0.25, -0.2) is 4.79 Å². The zero-order chi connectivity index (χ0) is 15.5. The number of likely N-dealkylation sites (tertiary alicyclic amines) is 1. The van der Waals surface area contributed by atoms with E-state index in [4.69, 9.17) is 0 Å². The number of carbonyl (C=O) groups excluding carboxylic acids is 1. The summed E-state index contributed by atoms with van der Waals surface area (Å²) in [7, 11) is 0. The first kappa shape index (κ1) is 16.1. The fourth-order valence-electron chi connectivity index (χ4n) is 3.33. The van der Waals surface area contributed by atoms with Crippen LogP contribution >= 0.6 is 0 Å². The van der Waals surface area contributed by atoms with E-state index in [2.05, 4.69) is 11.8 Å². The number of rotatable bonds is 4. The fourth-order valence-corrected chi connectivity index (χ4v) is 3.33. The van der Waals surface area contributed by atoms with Crippen molar-refractivity contribution in [2.45, 2.75) is 33.1 Å². The Labute approximate surface area is 126 Å². The summed E-state index contributed by atoms with van der Waals surface area (Å²) < 4.78 is 0. The Hall–Kier alpha value is -1.30. The van der Waals surface area contributed by atoms with E-state index in [9.17, 15) is 14.7 Å². The monoisotopic (exact) mass is 297 g/mol. The van der Waals surface area contributed by atoms with E-state index in [1.807, 2.05) is 11.8 Å². The number of amides is 2. The average Bonchev–Trinajstić information content (AvgIpc) is 2.93. The number of nitrogens with zero attached hydrogens (tertiary/aromatic N) is 3. The van der Waals surface area contributed by atoms with Crippen molar-refractivity contribution in [1.82, 2.24) is 14.7 Å². The lowest BCUT2D eigenvalue weighted by atomic mass is 9.84. The van der Waals surface area contributed by atoms with Gasteiger partial charge < -0.3 is 14.9 Å². The number of carboxylic acid groups (broad SMARTS) is 1. The normalized spacial score (nSPS) is 27.1. The summed E-state index contributed by atoms with van der Waals surface area (Å²) in [5, 5.41) is 9.41. The van der Waals surface area contributed by atoms with E-state index in [1.165, 1.54) is 0 Å². The third-order valence-electron chi connectivity index (χ3n) is 4.94. The second kappa shape index (κ2) is 6.64. The Morgan fingerprint density at radius 2 is 1.71 bits per heavy atom. The quantitative estimate of drug-likeness (QED) is 0.850. The van der Waals surface area contributed by atoms with Gasteiger partial charge in [0.05, 0.1) is 5.41 Å². The minimum Gasteiger partial charge on any atom is -0.481 e. The Balaban J connectivity index is 1.89. The van der Waals surface area contributed by atoms with Crippen LogP contribution in [0.25, 0.3) is 0 Å². The van der Waals surface area contributed by atoms with Crippen LogP contribution in [0.1, 0.15) is 33.1 Å². The Morgan fingerprint density at radius 3 is 2.19 bits per heavy atom. The molecule has 0 aromatic heterocycles. The van der Waals surface area contributed by atoms with Crippen molar-refractivity contribution in [2.24, 2.45) is 5.41 Å². The van der Waals surface area contributed by atoms with Crippen molar-refractivity contribution < 1.29 is 14.7 Å². The molecule has 2 heterocycles. The van der Waals surface area contributed by atoms with Crippen molar-refractivity contribution in [1.29, 1.82) is 0 Å². The standard InChI is InChI=1S/C15H27N3O3/c1-3-6-16-8-10-17(11-9-16)14(21)18-7-5-15(4-2,12-18)13(19)20/h3-12H2,1-2H3,(H,19,20). The van der Waals surface area contributed by atoms with Crippen molar-refractivity contribution in [3.63, 3.8) is 0 Å². The van der Waals surface area contributed by atoms with Gasteiger partial charge in [0, 0.05) is 39.3 Å². The number of hydrogen-bond donors (Lipinski definition) is 1. The van der Waals surface area contributed by atoms with Crippen molar-refractivity contribution in [2.75, 3.05) is 45.8 Å². The molecule has 6 heteroatoms. The highest BCUT2D eigenvalue weighted by Crippen LogP contribution is 2.34. The molecule has 2 amide bonds. The molecule has 0 aromatic rings. The summed E-state index contributed by atoms with van der Waals surface area (Å²) in [6.45, 7) is 9.41. The zero-order valence-electron chi connectivity index (χ0n) is 13.2. The van der Waals surface area contributed by atoms with Crippen molar-refractivity contribution in [3.8, 4) is 0 Å². The van der Waals surface area contributed by atoms with Crippen LogP contribution in [0.3, 0.4) is 0 Å². The molecule has 2 saturated heterocycles. The van der Waals surface area contributed by atoms with Gasteiger partial charge in [-0.15, -0.1) is 0 Å². The van der Waals surface area contributed by atoms with Crippen LogP contribution < -0.4 is 0 Å². The molecule has 0 saturated carbocycles. The van der Waals surface area contributed by atoms with Crippen LogP contribution in [0.5, 0.6) is 0 Å². The van der Waals surface area contributed by atoms with Gasteiger partial charge in [0.2, 0.25) is 0 Å². The van der Waals surface area contributed by atoms with Crippen LogP contribution in [0.15, 0.2) is 0 Å². The molecule has 120 valence electrons. The molecule has 6 nitrogen and oxygen atoms in total. The average molecular weight is 297 g/mol. The van der Waals surface area contributed by atoms with Crippen molar-refractivity contribution >= 4 is 12.0 Å². The third-order valence-corrected chi connectivity index (χ3v) is 4.94. The largest absolute Gasteiger partial charge is 0.481 e. The SMILES string of the molecule is CCCN1CCN(C(=O)N2CCC(CC)(C(=O)O)C2)CC1. The molecular formula is C15H27N3O3. The first-order valence-corrected chi connectivity index (χ1v) is 8.02. The molecule has 1 N–H and O–H groups in total. The van der Waals surface area contributed by atoms with Gasteiger partial charge in [-0.3, -0.25) is 9.69 Å². The van der Waals surface area contributed by atoms with Gasteiger partial charge in [-0.2, -0.15) is 0 Å². The van der Waals surface area contributed by atoms with E-state index in [0.29, 0.717) is 25.9 Å². The summed E-state index contributed by atoms with van der Waals surface area (Å²) in [6.07, 6.45) is 2.29. The molecule has 0 radical (unpaired) electrons. The molecule has 2 rings (SSSR count). The van der Waals surface area contributed by atoms with Gasteiger partial charge in [-0.1, -0.05) is 13.8 Å². The first-order valence-electron chi connectivity index (χ1n) is 8.02. The summed E-state index contributed by atoms with van der Waals surface area (Å²) >= 11 is 0. The lowest BCUT2D eigenvalue weighted by Gasteiger charge is -2.36. The number of aliphatic carboxylic acids is 1. The summed E-state index contributed by atoms with van der Waals surface area (Å²) in [5.74, 6) is -0.770. The molecule has 1 unspecified atom stereocenters. The molecular weight excluding hydrogens is 270 g/mol. The molecule has 1 atom stereocenters. The molecule has 2 fully saturated rings. The van der Waals surface area contributed by atoms with Crippen molar-refractivity contribution in [3.05, 3.63) is 0 Å². The topological polar surface area (TPSA) is 64.1 Å². The number of urea groups is 1. The van der Waals surface area contributed by atoms with E-state index in [-0.39, 0.29) is 6.03 Å². The molecule has 2 aliphatic heterocycles. The molecule has 21 heavy (non-hydrogen) atoms. The smallest absolute Gasteiger partial charge is 0.320 e. The number of carbonyl (C=O) groups is 2. The van der Waals surface area contributed by atoms with Crippen LogP contribution in [0.2, 0.25) is 0 Å². The predicted molar refractivity (Wildman–Crippen MR) is 80.2 cm³/mol. The lowest BCUT2D eigenvalue weighted by Crippen LogP contribution is -2.52. The van der Waals surface area contributed by atoms with Gasteiger partial charge in [0.15, 0.2) is 0 Å². The maximum atomic E-state index is 12.5. The number of hydrogen-bond acceptors (Lipinski definition) is 3. The first-order chi connectivity index (χ1) is 10.0. The molecule has 0 aromatic carbocycles.